The molecule has 0 unspecified atom stereocenters. The third-order valence-electron chi connectivity index (χ3n) is 4.08. The Bertz CT molecular complexity index is 571. The van der Waals surface area contributed by atoms with Gasteiger partial charge in [-0.05, 0) is 26.0 Å². The molecule has 0 radical (unpaired) electrons. The van der Waals surface area contributed by atoms with Gasteiger partial charge in [0.25, 0.3) is 0 Å². The van der Waals surface area contributed by atoms with Crippen LogP contribution in [0.5, 0.6) is 0 Å². The van der Waals surface area contributed by atoms with Gasteiger partial charge in [-0.2, -0.15) is 5.10 Å². The number of aromatic nitrogens is 4. The van der Waals surface area contributed by atoms with Crippen LogP contribution in [0, 0.1) is 0 Å². The predicted molar refractivity (Wildman–Crippen MR) is 85.2 cm³/mol. The van der Waals surface area contributed by atoms with Crippen LogP contribution in [0.2, 0.25) is 0 Å². The summed E-state index contributed by atoms with van der Waals surface area (Å²) in [5, 5.41) is 4.31. The summed E-state index contributed by atoms with van der Waals surface area (Å²) in [6.45, 7) is 10.4. The van der Waals surface area contributed by atoms with Gasteiger partial charge < -0.3 is 0 Å². The zero-order valence-corrected chi connectivity index (χ0v) is 13.4. The molecular weight excluding hydrogens is 276 g/mol. The molecule has 22 heavy (non-hydrogen) atoms. The molecule has 0 aromatic carbocycles. The summed E-state index contributed by atoms with van der Waals surface area (Å²) >= 11 is 0. The van der Waals surface area contributed by atoms with Crippen LogP contribution in [0.15, 0.2) is 30.7 Å². The van der Waals surface area contributed by atoms with Crippen LogP contribution in [-0.2, 0) is 13.1 Å². The van der Waals surface area contributed by atoms with Crippen LogP contribution in [0.3, 0.4) is 0 Å². The van der Waals surface area contributed by atoms with Crippen LogP contribution in [-0.4, -0.2) is 55.7 Å². The van der Waals surface area contributed by atoms with Gasteiger partial charge in [-0.3, -0.25) is 14.8 Å². The van der Waals surface area contributed by atoms with Gasteiger partial charge in [-0.1, -0.05) is 6.07 Å². The van der Waals surface area contributed by atoms with Crippen molar-refractivity contribution in [1.82, 2.24) is 29.5 Å². The van der Waals surface area contributed by atoms with E-state index in [9.17, 15) is 0 Å². The maximum Gasteiger partial charge on any atom is 0.141 e. The molecule has 2 aromatic heterocycles. The third kappa shape index (κ3) is 3.69. The van der Waals surface area contributed by atoms with Crippen LogP contribution in [0.25, 0.3) is 0 Å². The quantitative estimate of drug-likeness (QED) is 0.839. The Morgan fingerprint density at radius 2 is 1.73 bits per heavy atom. The fraction of sp³-hybridized carbons (Fsp3) is 0.562. The van der Waals surface area contributed by atoms with E-state index in [1.165, 1.54) is 0 Å². The molecule has 3 heterocycles. The standard InChI is InChI=1S/C16H24N6/c1-14(2)22-16(18-13-19-22)12-21-9-7-20(8-10-21)11-15-5-3-4-6-17-15/h3-6,13-14H,7-12H2,1-2H3. The molecule has 0 bridgehead atoms. The van der Waals surface area contributed by atoms with Gasteiger partial charge >= 0.3 is 0 Å². The highest BCUT2D eigenvalue weighted by Gasteiger charge is 2.19. The van der Waals surface area contributed by atoms with E-state index in [-0.39, 0.29) is 0 Å². The molecule has 0 atom stereocenters. The summed E-state index contributed by atoms with van der Waals surface area (Å²) < 4.78 is 2.01. The topological polar surface area (TPSA) is 50.1 Å². The van der Waals surface area contributed by atoms with E-state index < -0.39 is 0 Å². The molecule has 1 aliphatic heterocycles. The molecule has 0 amide bonds. The molecule has 0 N–H and O–H groups in total. The van der Waals surface area contributed by atoms with Crippen LogP contribution >= 0.6 is 0 Å². The second-order valence-electron chi connectivity index (χ2n) is 6.09. The maximum atomic E-state index is 4.41. The Morgan fingerprint density at radius 3 is 2.36 bits per heavy atom. The fourth-order valence-electron chi connectivity index (χ4n) is 2.84. The van der Waals surface area contributed by atoms with Crippen molar-refractivity contribution < 1.29 is 0 Å². The Morgan fingerprint density at radius 1 is 1.00 bits per heavy atom. The number of hydrogen-bond acceptors (Lipinski definition) is 5. The second kappa shape index (κ2) is 6.98. The van der Waals surface area contributed by atoms with E-state index >= 15 is 0 Å². The molecular formula is C16H24N6. The van der Waals surface area contributed by atoms with E-state index in [0.29, 0.717) is 6.04 Å². The fourth-order valence-corrected chi connectivity index (χ4v) is 2.84. The van der Waals surface area contributed by atoms with E-state index in [1.54, 1.807) is 6.33 Å². The zero-order valence-electron chi connectivity index (χ0n) is 13.4. The summed E-state index contributed by atoms with van der Waals surface area (Å²) in [5.74, 6) is 1.06. The molecule has 2 aromatic rings. The molecule has 1 fully saturated rings. The van der Waals surface area contributed by atoms with E-state index in [0.717, 1.165) is 50.8 Å². The first-order valence-corrected chi connectivity index (χ1v) is 7.95. The van der Waals surface area contributed by atoms with Crippen molar-refractivity contribution in [2.75, 3.05) is 26.2 Å². The van der Waals surface area contributed by atoms with Crippen molar-refractivity contribution in [2.45, 2.75) is 33.0 Å². The minimum atomic E-state index is 0.364. The van der Waals surface area contributed by atoms with Gasteiger partial charge in [-0.15, -0.1) is 0 Å². The Kier molecular flexibility index (Phi) is 4.80. The van der Waals surface area contributed by atoms with Gasteiger partial charge in [-0.25, -0.2) is 9.67 Å². The highest BCUT2D eigenvalue weighted by Crippen LogP contribution is 2.11. The van der Waals surface area contributed by atoms with E-state index in [4.69, 9.17) is 0 Å². The lowest BCUT2D eigenvalue weighted by atomic mass is 10.2. The molecule has 118 valence electrons. The summed E-state index contributed by atoms with van der Waals surface area (Å²) in [5.41, 5.74) is 1.15. The molecule has 0 saturated carbocycles. The van der Waals surface area contributed by atoms with Crippen molar-refractivity contribution in [3.8, 4) is 0 Å². The molecule has 1 aliphatic rings. The number of rotatable bonds is 5. The van der Waals surface area contributed by atoms with Crippen molar-refractivity contribution in [3.05, 3.63) is 42.2 Å². The lowest BCUT2D eigenvalue weighted by Gasteiger charge is -2.34. The number of hydrogen-bond donors (Lipinski definition) is 0. The molecule has 0 aliphatic carbocycles. The minimum Gasteiger partial charge on any atom is -0.295 e. The van der Waals surface area contributed by atoms with Crippen LogP contribution in [0.4, 0.5) is 0 Å². The number of nitrogens with zero attached hydrogens (tertiary/aromatic N) is 6. The van der Waals surface area contributed by atoms with Gasteiger partial charge in [0.2, 0.25) is 0 Å². The first-order chi connectivity index (χ1) is 10.7. The Hall–Kier alpha value is -1.79. The van der Waals surface area contributed by atoms with Gasteiger partial charge in [0.1, 0.15) is 12.2 Å². The van der Waals surface area contributed by atoms with Gasteiger partial charge in [0.05, 0.1) is 12.2 Å². The van der Waals surface area contributed by atoms with Crippen LogP contribution < -0.4 is 0 Å². The van der Waals surface area contributed by atoms with Crippen molar-refractivity contribution in [2.24, 2.45) is 0 Å². The molecule has 1 saturated heterocycles. The lowest BCUT2D eigenvalue weighted by molar-refractivity contribution is 0.117. The average molecular weight is 300 g/mol. The average Bonchev–Trinajstić information content (AvgIpc) is 2.99. The van der Waals surface area contributed by atoms with Gasteiger partial charge in [0.15, 0.2) is 0 Å². The zero-order chi connectivity index (χ0) is 15.4. The van der Waals surface area contributed by atoms with Crippen molar-refractivity contribution in [1.29, 1.82) is 0 Å². The lowest BCUT2D eigenvalue weighted by Crippen LogP contribution is -2.45. The normalized spacial score (nSPS) is 17.2. The van der Waals surface area contributed by atoms with Crippen LogP contribution in [0.1, 0.15) is 31.4 Å². The number of pyridine rings is 1. The minimum absolute atomic E-state index is 0.364. The van der Waals surface area contributed by atoms with E-state index in [1.807, 2.05) is 16.9 Å². The van der Waals surface area contributed by atoms with E-state index in [2.05, 4.69) is 50.8 Å². The number of piperazine rings is 1. The Labute approximate surface area is 131 Å². The SMILES string of the molecule is CC(C)n1ncnc1CN1CCN(Cc2ccccn2)CC1. The highest BCUT2D eigenvalue weighted by atomic mass is 15.4. The second-order valence-corrected chi connectivity index (χ2v) is 6.09. The monoisotopic (exact) mass is 300 g/mol. The van der Waals surface area contributed by atoms with Crippen molar-refractivity contribution in [3.63, 3.8) is 0 Å². The third-order valence-corrected chi connectivity index (χ3v) is 4.08. The summed E-state index contributed by atoms with van der Waals surface area (Å²) in [6, 6.07) is 6.48. The summed E-state index contributed by atoms with van der Waals surface area (Å²) in [4.78, 5) is 13.7. The maximum absolute atomic E-state index is 4.41. The highest BCUT2D eigenvalue weighted by molar-refractivity contribution is 5.03. The first-order valence-electron chi connectivity index (χ1n) is 7.95. The smallest absolute Gasteiger partial charge is 0.141 e. The molecule has 0 spiro atoms. The molecule has 6 nitrogen and oxygen atoms in total. The largest absolute Gasteiger partial charge is 0.295 e. The first kappa shape index (κ1) is 15.1. The summed E-state index contributed by atoms with van der Waals surface area (Å²) in [6.07, 6.45) is 3.52. The summed E-state index contributed by atoms with van der Waals surface area (Å²) in [7, 11) is 0. The van der Waals surface area contributed by atoms with Gasteiger partial charge in [0, 0.05) is 45.0 Å². The molecule has 3 rings (SSSR count). The Balaban J connectivity index is 1.50. The molecule has 6 heteroatoms. The van der Waals surface area contributed by atoms with Crippen molar-refractivity contribution >= 4 is 0 Å². The predicted octanol–water partition coefficient (Wildman–Crippen LogP) is 1.57.